The van der Waals surface area contributed by atoms with Gasteiger partial charge in [-0.05, 0) is 53.6 Å². The van der Waals surface area contributed by atoms with Crippen LogP contribution in [0.3, 0.4) is 0 Å². The van der Waals surface area contributed by atoms with Crippen LogP contribution in [0.4, 0.5) is 4.79 Å². The molecule has 241 valence electrons. The van der Waals surface area contributed by atoms with Gasteiger partial charge >= 0.3 is 12.1 Å². The largest absolute Gasteiger partial charge is 0.491 e. The van der Waals surface area contributed by atoms with Crippen LogP contribution in [0.25, 0.3) is 0 Å². The number of carbonyl (C=O) groups is 2. The van der Waals surface area contributed by atoms with Crippen LogP contribution in [0.1, 0.15) is 39.5 Å². The summed E-state index contributed by atoms with van der Waals surface area (Å²) < 4.78 is 16.2. The van der Waals surface area contributed by atoms with Gasteiger partial charge in [0.05, 0.1) is 19.7 Å². The number of nitrogens with zero attached hydrogens (tertiary/aromatic N) is 3. The highest BCUT2D eigenvalue weighted by Gasteiger charge is 2.26. The van der Waals surface area contributed by atoms with Gasteiger partial charge in [0.15, 0.2) is 0 Å². The zero-order chi connectivity index (χ0) is 32.8. The lowest BCUT2D eigenvalue weighted by Crippen LogP contribution is -2.48. The number of ether oxygens (including phenoxy) is 3. The molecule has 8 nitrogen and oxygen atoms in total. The molecule has 9 heteroatoms. The first kappa shape index (κ1) is 33.6. The molecule has 1 saturated heterocycles. The predicted octanol–water partition coefficient (Wildman–Crippen LogP) is 6.46. The number of benzene rings is 4. The van der Waals surface area contributed by atoms with Gasteiger partial charge in [-0.1, -0.05) is 84.1 Å². The van der Waals surface area contributed by atoms with E-state index in [1.165, 1.54) is 18.2 Å². The molecule has 5 rings (SSSR count). The van der Waals surface area contributed by atoms with Crippen molar-refractivity contribution in [3.63, 3.8) is 0 Å². The van der Waals surface area contributed by atoms with Crippen molar-refractivity contribution in [3.8, 4) is 23.3 Å². The molecule has 0 bridgehead atoms. The molecular formula is C38H37ClN3O5. The zero-order valence-electron chi connectivity index (χ0n) is 26.3. The van der Waals surface area contributed by atoms with E-state index in [9.17, 15) is 9.59 Å². The van der Waals surface area contributed by atoms with Gasteiger partial charge in [-0.3, -0.25) is 9.80 Å². The van der Waals surface area contributed by atoms with Gasteiger partial charge in [0.2, 0.25) is 0 Å². The third-order valence-corrected chi connectivity index (χ3v) is 8.03. The summed E-state index contributed by atoms with van der Waals surface area (Å²) in [6.45, 7) is 4.96. The molecule has 4 aromatic carbocycles. The van der Waals surface area contributed by atoms with E-state index in [0.29, 0.717) is 35.7 Å². The maximum Gasteiger partial charge on any atom is 0.434 e. The Morgan fingerprint density at radius 2 is 1.55 bits per heavy atom. The Bertz CT molecular complexity index is 1660. The normalized spacial score (nSPS) is 13.9. The molecule has 1 radical (unpaired) electrons. The van der Waals surface area contributed by atoms with E-state index in [2.05, 4.69) is 63.4 Å². The molecular weight excluding hydrogens is 614 g/mol. The molecule has 0 unspecified atom stereocenters. The van der Waals surface area contributed by atoms with Crippen LogP contribution in [0.5, 0.6) is 11.5 Å². The summed E-state index contributed by atoms with van der Waals surface area (Å²) in [6, 6.07) is 32.8. The fourth-order valence-electron chi connectivity index (χ4n) is 5.42. The van der Waals surface area contributed by atoms with Crippen molar-refractivity contribution in [1.82, 2.24) is 15.1 Å². The van der Waals surface area contributed by atoms with Crippen LogP contribution in [0.15, 0.2) is 103 Å². The minimum atomic E-state index is -0.663. The minimum Gasteiger partial charge on any atom is -0.491 e. The van der Waals surface area contributed by atoms with Crippen molar-refractivity contribution >= 4 is 23.7 Å². The Balaban J connectivity index is 1.11. The Hall–Kier alpha value is -4.81. The Kier molecular flexibility index (Phi) is 12.3. The molecule has 1 heterocycles. The second-order valence-electron chi connectivity index (χ2n) is 10.9. The molecule has 0 aliphatic carbocycles. The molecule has 1 fully saturated rings. The van der Waals surface area contributed by atoms with Crippen molar-refractivity contribution < 1.29 is 23.8 Å². The van der Waals surface area contributed by atoms with Gasteiger partial charge in [0.1, 0.15) is 23.7 Å². The summed E-state index contributed by atoms with van der Waals surface area (Å²) in [7, 11) is 1.34. The van der Waals surface area contributed by atoms with Crippen LogP contribution in [0, 0.1) is 11.8 Å². The van der Waals surface area contributed by atoms with E-state index in [-0.39, 0.29) is 12.6 Å². The second kappa shape index (κ2) is 17.2. The van der Waals surface area contributed by atoms with Crippen molar-refractivity contribution in [3.05, 3.63) is 130 Å². The number of carbonyl (C=O) groups excluding carboxylic acids is 2. The lowest BCUT2D eigenvalue weighted by atomic mass is 9.96. The van der Waals surface area contributed by atoms with Crippen molar-refractivity contribution in [2.75, 3.05) is 53.0 Å². The number of hydrogen-bond donors (Lipinski definition) is 0. The number of para-hydroxylation sites is 1. The fraction of sp³-hybridized carbons (Fsp3) is 0.263. The smallest absolute Gasteiger partial charge is 0.434 e. The van der Waals surface area contributed by atoms with E-state index < -0.39 is 12.1 Å². The summed E-state index contributed by atoms with van der Waals surface area (Å²) >= 11 is 6.18. The highest BCUT2D eigenvalue weighted by atomic mass is 35.5. The average Bonchev–Trinajstić information content (AvgIpc) is 3.10. The molecule has 1 aliphatic rings. The SMILES string of the molecule is COC(=O)c1cc(C#CCC[N]C(=O)Oc2ccccc2)ccc1OCCN1CCN([C@H](c2ccccc2)c2ccc(Cl)cc2)CC1. The molecule has 0 spiro atoms. The molecule has 0 aromatic heterocycles. The van der Waals surface area contributed by atoms with Crippen LogP contribution in [-0.4, -0.2) is 74.8 Å². The highest BCUT2D eigenvalue weighted by Crippen LogP contribution is 2.30. The van der Waals surface area contributed by atoms with Gasteiger partial charge in [0.25, 0.3) is 0 Å². The quantitative estimate of drug-likeness (QED) is 0.105. The van der Waals surface area contributed by atoms with Crippen LogP contribution >= 0.6 is 11.6 Å². The molecule has 1 atom stereocenters. The van der Waals surface area contributed by atoms with E-state index in [4.69, 9.17) is 25.8 Å². The average molecular weight is 651 g/mol. The number of piperazine rings is 1. The standard InChI is InChI=1S/C38H37ClN3O5/c1-45-37(43)34-28-29(10-8-9-21-40-38(44)47-33-13-6-3-7-14-33)15-20-35(34)46-27-26-41-22-24-42(25-23-41)36(30-11-4-2-5-12-30)31-16-18-32(39)19-17-31/h2-7,11-20,28,36H,9,21-27H2,1H3/t36-/m1/s1. The first-order valence-corrected chi connectivity index (χ1v) is 15.9. The highest BCUT2D eigenvalue weighted by molar-refractivity contribution is 6.30. The summed E-state index contributed by atoms with van der Waals surface area (Å²) in [5, 5.41) is 4.60. The van der Waals surface area contributed by atoms with Crippen molar-refractivity contribution in [2.24, 2.45) is 0 Å². The third-order valence-electron chi connectivity index (χ3n) is 7.78. The second-order valence-corrected chi connectivity index (χ2v) is 11.3. The molecule has 4 aromatic rings. The molecule has 1 aliphatic heterocycles. The summed E-state index contributed by atoms with van der Waals surface area (Å²) in [4.78, 5) is 29.3. The Labute approximate surface area is 281 Å². The summed E-state index contributed by atoms with van der Waals surface area (Å²) in [6.07, 6.45) is -0.307. The minimum absolute atomic E-state index is 0.154. The van der Waals surface area contributed by atoms with E-state index in [0.717, 1.165) is 37.7 Å². The molecule has 0 N–H and O–H groups in total. The molecule has 47 heavy (non-hydrogen) atoms. The lowest BCUT2D eigenvalue weighted by Gasteiger charge is -2.39. The monoisotopic (exact) mass is 650 g/mol. The lowest BCUT2D eigenvalue weighted by molar-refractivity contribution is 0.0594. The first-order valence-electron chi connectivity index (χ1n) is 15.6. The maximum atomic E-state index is 12.6. The maximum absolute atomic E-state index is 12.6. The van der Waals surface area contributed by atoms with Crippen LogP contribution < -0.4 is 14.8 Å². The topological polar surface area (TPSA) is 82.4 Å². The summed E-state index contributed by atoms with van der Waals surface area (Å²) in [5.41, 5.74) is 3.43. The third kappa shape index (κ3) is 9.84. The van der Waals surface area contributed by atoms with Gasteiger partial charge in [-0.2, -0.15) is 0 Å². The van der Waals surface area contributed by atoms with Gasteiger partial charge < -0.3 is 14.2 Å². The number of halogens is 1. The number of esters is 1. The molecule has 1 amide bonds. The van der Waals surface area contributed by atoms with Crippen LogP contribution in [-0.2, 0) is 4.74 Å². The van der Waals surface area contributed by atoms with E-state index in [1.807, 2.05) is 24.3 Å². The number of amides is 1. The Morgan fingerprint density at radius 1 is 0.872 bits per heavy atom. The molecule has 0 saturated carbocycles. The number of methoxy groups -OCH3 is 1. The van der Waals surface area contributed by atoms with Crippen molar-refractivity contribution in [1.29, 1.82) is 0 Å². The predicted molar refractivity (Wildman–Crippen MR) is 182 cm³/mol. The number of hydrogen-bond acceptors (Lipinski definition) is 7. The summed E-state index contributed by atoms with van der Waals surface area (Å²) in [5.74, 6) is 6.40. The Morgan fingerprint density at radius 3 is 2.26 bits per heavy atom. The van der Waals surface area contributed by atoms with Gasteiger partial charge in [-0.25, -0.2) is 14.9 Å². The van der Waals surface area contributed by atoms with Gasteiger partial charge in [-0.15, -0.1) is 0 Å². The first-order chi connectivity index (χ1) is 23.0. The van der Waals surface area contributed by atoms with Gasteiger partial charge in [0, 0.05) is 49.7 Å². The van der Waals surface area contributed by atoms with E-state index >= 15 is 0 Å². The van der Waals surface area contributed by atoms with Crippen LogP contribution in [0.2, 0.25) is 5.02 Å². The van der Waals surface area contributed by atoms with E-state index in [1.54, 1.807) is 42.5 Å². The zero-order valence-corrected chi connectivity index (χ0v) is 27.1. The number of rotatable bonds is 11. The fourth-order valence-corrected chi connectivity index (χ4v) is 5.54. The van der Waals surface area contributed by atoms with Crippen molar-refractivity contribution in [2.45, 2.75) is 12.5 Å².